The summed E-state index contributed by atoms with van der Waals surface area (Å²) in [6.07, 6.45) is 3.90. The maximum Gasteiger partial charge on any atom is 0.191 e. The van der Waals surface area contributed by atoms with Gasteiger partial charge in [-0.05, 0) is 22.4 Å². The predicted molar refractivity (Wildman–Crippen MR) is 68.6 cm³/mol. The lowest BCUT2D eigenvalue weighted by molar-refractivity contribution is 0.344. The molecule has 2 N–H and O–H groups in total. The zero-order valence-electron chi connectivity index (χ0n) is 9.12. The average molecular weight is 223 g/mol. The molecule has 0 aliphatic carbocycles. The number of benzene rings is 2. The zero-order valence-corrected chi connectivity index (χ0v) is 9.12. The molecule has 1 unspecified atom stereocenters. The van der Waals surface area contributed by atoms with Crippen LogP contribution in [-0.4, -0.2) is 17.7 Å². The summed E-state index contributed by atoms with van der Waals surface area (Å²) < 4.78 is 0. The van der Waals surface area contributed by atoms with Gasteiger partial charge in [-0.3, -0.25) is 5.01 Å². The van der Waals surface area contributed by atoms with E-state index >= 15 is 0 Å². The minimum atomic E-state index is -0.239. The van der Waals surface area contributed by atoms with Crippen LogP contribution in [0, 0.1) is 0 Å². The standard InChI is InChI=1S/C13H11N4/c14-17-9-15-8-16-13(17)12-6-5-10-3-1-2-4-11(10)7-12/h1-8,13H,14H2. The molecule has 4 nitrogen and oxygen atoms in total. The van der Waals surface area contributed by atoms with Crippen molar-refractivity contribution in [2.75, 3.05) is 0 Å². The van der Waals surface area contributed by atoms with Gasteiger partial charge in [0, 0.05) is 0 Å². The van der Waals surface area contributed by atoms with Crippen molar-refractivity contribution in [2.45, 2.75) is 6.17 Å². The van der Waals surface area contributed by atoms with E-state index in [4.69, 9.17) is 5.84 Å². The number of aliphatic imine (C=N–C) groups is 2. The molecule has 1 heterocycles. The first kappa shape index (κ1) is 9.99. The Morgan fingerprint density at radius 1 is 1.12 bits per heavy atom. The van der Waals surface area contributed by atoms with Gasteiger partial charge in [-0.25, -0.2) is 15.8 Å². The minimum absolute atomic E-state index is 0.239. The highest BCUT2D eigenvalue weighted by Gasteiger charge is 2.16. The van der Waals surface area contributed by atoms with E-state index in [1.807, 2.05) is 18.2 Å². The second-order valence-corrected chi connectivity index (χ2v) is 3.88. The van der Waals surface area contributed by atoms with Gasteiger partial charge < -0.3 is 0 Å². The van der Waals surface area contributed by atoms with Crippen LogP contribution in [0.3, 0.4) is 0 Å². The Balaban J connectivity index is 2.06. The van der Waals surface area contributed by atoms with Crippen molar-refractivity contribution in [1.29, 1.82) is 0 Å². The maximum absolute atomic E-state index is 5.77. The molecule has 0 amide bonds. The first-order valence-corrected chi connectivity index (χ1v) is 5.34. The van der Waals surface area contributed by atoms with E-state index in [0.717, 1.165) is 5.56 Å². The van der Waals surface area contributed by atoms with Crippen molar-refractivity contribution >= 4 is 23.4 Å². The molecule has 3 rings (SSSR count). The van der Waals surface area contributed by atoms with Crippen LogP contribution in [0.5, 0.6) is 0 Å². The summed E-state index contributed by atoms with van der Waals surface area (Å²) in [4.78, 5) is 7.99. The summed E-state index contributed by atoms with van der Waals surface area (Å²) in [6.45, 7) is 0. The van der Waals surface area contributed by atoms with Gasteiger partial charge in [-0.2, -0.15) is 0 Å². The minimum Gasteiger partial charge on any atom is -0.263 e. The number of rotatable bonds is 1. The van der Waals surface area contributed by atoms with Crippen LogP contribution in [-0.2, 0) is 0 Å². The van der Waals surface area contributed by atoms with Crippen molar-refractivity contribution in [1.82, 2.24) is 5.01 Å². The van der Waals surface area contributed by atoms with E-state index in [1.54, 1.807) is 0 Å². The van der Waals surface area contributed by atoms with Crippen LogP contribution in [0.1, 0.15) is 11.7 Å². The Hall–Kier alpha value is -2.20. The second kappa shape index (κ2) is 3.99. The molecular weight excluding hydrogens is 212 g/mol. The molecule has 1 radical (unpaired) electrons. The van der Waals surface area contributed by atoms with E-state index in [0.29, 0.717) is 0 Å². The Bertz CT molecular complexity index is 603. The molecule has 0 bridgehead atoms. The third-order valence-electron chi connectivity index (χ3n) is 2.77. The lowest BCUT2D eigenvalue weighted by atomic mass is 10.1. The van der Waals surface area contributed by atoms with Gasteiger partial charge in [0.15, 0.2) is 12.5 Å². The molecule has 0 saturated carbocycles. The van der Waals surface area contributed by atoms with Crippen molar-refractivity contribution in [3.8, 4) is 0 Å². The summed E-state index contributed by atoms with van der Waals surface area (Å²) in [5.41, 5.74) is 1.03. The first-order valence-electron chi connectivity index (χ1n) is 5.34. The topological polar surface area (TPSA) is 54.0 Å². The van der Waals surface area contributed by atoms with Gasteiger partial charge in [-0.1, -0.05) is 36.4 Å². The highest BCUT2D eigenvalue weighted by Crippen LogP contribution is 2.24. The molecule has 0 aromatic heterocycles. The summed E-state index contributed by atoms with van der Waals surface area (Å²) in [7, 11) is 0. The molecule has 83 valence electrons. The molecular formula is C13H11N4. The average Bonchev–Trinajstić information content (AvgIpc) is 2.39. The summed E-state index contributed by atoms with van der Waals surface area (Å²) in [5, 5.41) is 3.76. The molecule has 0 fully saturated rings. The van der Waals surface area contributed by atoms with E-state index < -0.39 is 0 Å². The summed E-state index contributed by atoms with van der Waals surface area (Å²) in [6, 6.07) is 14.4. The van der Waals surface area contributed by atoms with E-state index in [9.17, 15) is 0 Å². The summed E-state index contributed by atoms with van der Waals surface area (Å²) in [5.74, 6) is 5.77. The van der Waals surface area contributed by atoms with E-state index in [1.165, 1.54) is 22.1 Å². The quantitative estimate of drug-likeness (QED) is 0.751. The lowest BCUT2D eigenvalue weighted by Gasteiger charge is -2.23. The number of hydrogen-bond donors (Lipinski definition) is 1. The van der Waals surface area contributed by atoms with Crippen molar-refractivity contribution in [3.63, 3.8) is 0 Å². The molecule has 1 atom stereocenters. The number of hydrogen-bond acceptors (Lipinski definition) is 4. The molecule has 4 heteroatoms. The Labute approximate surface area is 99.1 Å². The monoisotopic (exact) mass is 223 g/mol. The highest BCUT2D eigenvalue weighted by molar-refractivity contribution is 5.83. The first-order chi connectivity index (χ1) is 8.34. The number of nitrogens with two attached hydrogens (primary N) is 1. The van der Waals surface area contributed by atoms with Crippen LogP contribution >= 0.6 is 0 Å². The van der Waals surface area contributed by atoms with Crippen LogP contribution in [0.2, 0.25) is 0 Å². The van der Waals surface area contributed by atoms with Gasteiger partial charge in [0.25, 0.3) is 0 Å². The molecule has 17 heavy (non-hydrogen) atoms. The van der Waals surface area contributed by atoms with Gasteiger partial charge >= 0.3 is 0 Å². The number of nitrogens with zero attached hydrogens (tertiary/aromatic N) is 3. The third-order valence-corrected chi connectivity index (χ3v) is 2.77. The fourth-order valence-electron chi connectivity index (χ4n) is 1.93. The Morgan fingerprint density at radius 2 is 1.94 bits per heavy atom. The molecule has 0 saturated heterocycles. The molecule has 1 aliphatic rings. The SMILES string of the molecule is NN1[C]=NC=NC1c1ccc2ccccc2c1. The second-order valence-electron chi connectivity index (χ2n) is 3.88. The molecule has 2 aromatic rings. The van der Waals surface area contributed by atoms with E-state index in [2.05, 4.69) is 40.6 Å². The van der Waals surface area contributed by atoms with Gasteiger partial charge in [0.05, 0.1) is 0 Å². The zero-order chi connectivity index (χ0) is 11.7. The highest BCUT2D eigenvalue weighted by atomic mass is 15.5. The normalized spacial score (nSPS) is 18.9. The smallest absolute Gasteiger partial charge is 0.191 e. The van der Waals surface area contributed by atoms with Gasteiger partial charge in [-0.15, -0.1) is 0 Å². The van der Waals surface area contributed by atoms with Crippen LogP contribution in [0.15, 0.2) is 52.4 Å². The van der Waals surface area contributed by atoms with Crippen molar-refractivity contribution in [2.24, 2.45) is 15.8 Å². The third kappa shape index (κ3) is 1.79. The van der Waals surface area contributed by atoms with Crippen LogP contribution < -0.4 is 5.84 Å². The summed E-state index contributed by atoms with van der Waals surface area (Å²) >= 11 is 0. The van der Waals surface area contributed by atoms with Crippen LogP contribution in [0.4, 0.5) is 0 Å². The fourth-order valence-corrected chi connectivity index (χ4v) is 1.93. The van der Waals surface area contributed by atoms with E-state index in [-0.39, 0.29) is 6.17 Å². The molecule has 1 aliphatic heterocycles. The maximum atomic E-state index is 5.77. The van der Waals surface area contributed by atoms with Gasteiger partial charge in [0.1, 0.15) is 6.34 Å². The van der Waals surface area contributed by atoms with Crippen molar-refractivity contribution < 1.29 is 0 Å². The molecule has 0 spiro atoms. The van der Waals surface area contributed by atoms with Crippen LogP contribution in [0.25, 0.3) is 10.8 Å². The predicted octanol–water partition coefficient (Wildman–Crippen LogP) is 1.96. The largest absolute Gasteiger partial charge is 0.263 e. The lowest BCUT2D eigenvalue weighted by Crippen LogP contribution is -2.34. The Kier molecular flexibility index (Phi) is 2.34. The number of hydrazine groups is 1. The fraction of sp³-hybridized carbons (Fsp3) is 0.0769. The number of fused-ring (bicyclic) bond motifs is 1. The molecule has 2 aromatic carbocycles. The Morgan fingerprint density at radius 3 is 2.76 bits per heavy atom. The van der Waals surface area contributed by atoms with Crippen molar-refractivity contribution in [3.05, 3.63) is 48.0 Å². The van der Waals surface area contributed by atoms with Gasteiger partial charge in [0.2, 0.25) is 0 Å².